The van der Waals surface area contributed by atoms with Crippen molar-refractivity contribution in [3.05, 3.63) is 35.3 Å². The van der Waals surface area contributed by atoms with E-state index in [9.17, 15) is 42.4 Å². The van der Waals surface area contributed by atoms with E-state index in [1.54, 1.807) is 41.5 Å². The summed E-state index contributed by atoms with van der Waals surface area (Å²) in [6, 6.07) is -2.45. The zero-order valence-corrected chi connectivity index (χ0v) is 29.7. The van der Waals surface area contributed by atoms with Crippen LogP contribution >= 0.6 is 0 Å². The fourth-order valence-electron chi connectivity index (χ4n) is 4.90. The first-order chi connectivity index (χ1) is 22.8. The molecule has 16 heteroatoms. The van der Waals surface area contributed by atoms with Gasteiger partial charge in [0, 0.05) is 37.7 Å². The van der Waals surface area contributed by atoms with Crippen LogP contribution in [-0.4, -0.2) is 79.0 Å². The average Bonchev–Trinajstić information content (AvgIpc) is 3.01. The molecule has 0 spiro atoms. The molecule has 0 saturated heterocycles. The number of pyridine rings is 1. The largest absolute Gasteiger partial charge is 0.619 e. The van der Waals surface area contributed by atoms with Crippen LogP contribution in [-0.2, 0) is 19.2 Å². The van der Waals surface area contributed by atoms with Gasteiger partial charge in [-0.2, -0.15) is 17.9 Å². The van der Waals surface area contributed by atoms with Gasteiger partial charge in [0.15, 0.2) is 12.4 Å². The Kier molecular flexibility index (Phi) is 18.1. The number of rotatable bonds is 20. The predicted octanol–water partition coefficient (Wildman–Crippen LogP) is 2.08. The first-order valence-corrected chi connectivity index (χ1v) is 16.8. The van der Waals surface area contributed by atoms with Crippen molar-refractivity contribution in [1.29, 1.82) is 0 Å². The molecule has 1 aromatic heterocycles. The number of halogens is 3. The van der Waals surface area contributed by atoms with Crippen LogP contribution in [0.4, 0.5) is 13.2 Å². The maximum Gasteiger partial charge on any atom is 0.389 e. The van der Waals surface area contributed by atoms with E-state index in [-0.39, 0.29) is 29.9 Å². The van der Waals surface area contributed by atoms with Gasteiger partial charge in [0.1, 0.15) is 18.1 Å². The molecule has 0 fully saturated rings. The van der Waals surface area contributed by atoms with Crippen LogP contribution < -0.4 is 36.6 Å². The van der Waals surface area contributed by atoms with Gasteiger partial charge in [-0.25, -0.2) is 0 Å². The molecule has 6 atom stereocenters. The van der Waals surface area contributed by atoms with Gasteiger partial charge in [0.05, 0.1) is 11.6 Å². The molecule has 0 bridgehead atoms. The van der Waals surface area contributed by atoms with E-state index in [4.69, 9.17) is 0 Å². The van der Waals surface area contributed by atoms with E-state index in [2.05, 4.69) is 31.9 Å². The van der Waals surface area contributed by atoms with Gasteiger partial charge in [-0.15, -0.1) is 0 Å². The fourth-order valence-corrected chi connectivity index (χ4v) is 4.90. The molecule has 1 heterocycles. The van der Waals surface area contributed by atoms with Crippen molar-refractivity contribution >= 4 is 29.5 Å². The van der Waals surface area contributed by atoms with Crippen molar-refractivity contribution in [2.24, 2.45) is 17.8 Å². The topological polar surface area (TPSA) is 184 Å². The Morgan fingerprint density at radius 2 is 1.43 bits per heavy atom. The molecule has 0 radical (unpaired) electrons. The number of carbonyl (C=O) groups excluding carboxylic acids is 5. The van der Waals surface area contributed by atoms with Gasteiger partial charge in [-0.1, -0.05) is 48.0 Å². The van der Waals surface area contributed by atoms with Crippen LogP contribution in [0.2, 0.25) is 0 Å². The lowest BCUT2D eigenvalue weighted by molar-refractivity contribution is -0.605. The lowest BCUT2D eigenvalue weighted by Crippen LogP contribution is -2.58. The van der Waals surface area contributed by atoms with Crippen molar-refractivity contribution in [3.63, 3.8) is 0 Å². The van der Waals surface area contributed by atoms with Crippen molar-refractivity contribution in [2.75, 3.05) is 13.1 Å². The molecule has 0 aliphatic carbocycles. The maximum absolute atomic E-state index is 13.5. The second-order valence-electron chi connectivity index (χ2n) is 13.1. The summed E-state index contributed by atoms with van der Waals surface area (Å²) >= 11 is 0. The van der Waals surface area contributed by atoms with Crippen molar-refractivity contribution in [2.45, 2.75) is 117 Å². The second kappa shape index (κ2) is 20.5. The molecule has 0 aliphatic rings. The lowest BCUT2D eigenvalue weighted by atomic mass is 9.97. The van der Waals surface area contributed by atoms with Gasteiger partial charge in [0.2, 0.25) is 23.6 Å². The van der Waals surface area contributed by atoms with E-state index in [1.165, 1.54) is 12.1 Å². The Balaban J connectivity index is 3.13. The summed E-state index contributed by atoms with van der Waals surface area (Å²) in [5.74, 6) is -3.73. The second-order valence-corrected chi connectivity index (χ2v) is 13.1. The third-order valence-corrected chi connectivity index (χ3v) is 7.96. The van der Waals surface area contributed by atoms with Crippen LogP contribution in [0.25, 0.3) is 0 Å². The molecule has 6 N–H and O–H groups in total. The smallest absolute Gasteiger partial charge is 0.389 e. The molecule has 278 valence electrons. The molecule has 0 saturated carbocycles. The molecule has 13 nitrogen and oxygen atoms in total. The normalized spacial score (nSPS) is 15.4. The van der Waals surface area contributed by atoms with Crippen molar-refractivity contribution in [3.8, 4) is 0 Å². The van der Waals surface area contributed by atoms with Crippen molar-refractivity contribution in [1.82, 2.24) is 31.9 Å². The lowest BCUT2D eigenvalue weighted by Gasteiger charge is -2.29. The highest BCUT2D eigenvalue weighted by atomic mass is 19.4. The Bertz CT molecular complexity index is 1230. The Morgan fingerprint density at radius 3 is 1.94 bits per heavy atom. The summed E-state index contributed by atoms with van der Waals surface area (Å²) in [5, 5.41) is 27.5. The minimum atomic E-state index is -4.61. The minimum absolute atomic E-state index is 0.0431. The van der Waals surface area contributed by atoms with E-state index >= 15 is 0 Å². The first kappa shape index (κ1) is 43.1. The van der Waals surface area contributed by atoms with Gasteiger partial charge < -0.3 is 37.1 Å². The molecule has 0 aliphatic heterocycles. The molecule has 0 aromatic carbocycles. The number of amides is 5. The molecular formula is C33H54F3N7O6. The number of hydrogen-bond donors (Lipinski definition) is 6. The Morgan fingerprint density at radius 1 is 0.816 bits per heavy atom. The van der Waals surface area contributed by atoms with Gasteiger partial charge in [-0.3, -0.25) is 24.0 Å². The first-order valence-electron chi connectivity index (χ1n) is 16.8. The number of likely N-dealkylation sites (N-methyl/N-ethyl adjacent to an activating group) is 1. The number of alkyl halides is 3. The monoisotopic (exact) mass is 701 g/mol. The van der Waals surface area contributed by atoms with Crippen LogP contribution in [0.5, 0.6) is 0 Å². The SMILES string of the molecule is CCNC(=O)[C@@H](NC(=O)[C@H](C)NC[C@H](CC(C)C)NC(=O)[C@H](CCC(F)(F)F)NC(=O)[C@@H](NC(=O)c1cc[n+]([O-])cc1)[C@@H](C)CC)C(C)C. The molecule has 0 unspecified atom stereocenters. The zero-order chi connectivity index (χ0) is 37.5. The van der Waals surface area contributed by atoms with E-state index in [1.807, 2.05) is 13.8 Å². The van der Waals surface area contributed by atoms with E-state index < -0.39 is 78.8 Å². The summed E-state index contributed by atoms with van der Waals surface area (Å²) < 4.78 is 40.4. The molecule has 49 heavy (non-hydrogen) atoms. The number of nitrogens with zero attached hydrogens (tertiary/aromatic N) is 1. The third-order valence-electron chi connectivity index (χ3n) is 7.96. The number of carbonyl (C=O) groups is 5. The number of hydrogen-bond acceptors (Lipinski definition) is 7. The molecule has 1 aromatic rings. The summed E-state index contributed by atoms with van der Waals surface area (Å²) in [6.45, 7) is 14.6. The quantitative estimate of drug-likeness (QED) is 0.0888. The number of aromatic nitrogens is 1. The third kappa shape index (κ3) is 15.9. The van der Waals surface area contributed by atoms with E-state index in [0.717, 1.165) is 12.4 Å². The average molecular weight is 702 g/mol. The van der Waals surface area contributed by atoms with Crippen LogP contribution in [0.15, 0.2) is 24.5 Å². The van der Waals surface area contributed by atoms with Crippen LogP contribution in [0.1, 0.15) is 91.4 Å². The molecular weight excluding hydrogens is 647 g/mol. The van der Waals surface area contributed by atoms with Crippen molar-refractivity contribution < 1.29 is 41.9 Å². The fraction of sp³-hybridized carbons (Fsp3) is 0.697. The zero-order valence-electron chi connectivity index (χ0n) is 29.7. The summed E-state index contributed by atoms with van der Waals surface area (Å²) in [6.07, 6.45) is -3.68. The van der Waals surface area contributed by atoms with E-state index in [0.29, 0.717) is 24.1 Å². The predicted molar refractivity (Wildman–Crippen MR) is 178 cm³/mol. The van der Waals surface area contributed by atoms with Gasteiger partial charge >= 0.3 is 6.18 Å². The van der Waals surface area contributed by atoms with Gasteiger partial charge in [-0.05, 0) is 44.4 Å². The van der Waals surface area contributed by atoms with Gasteiger partial charge in [0.25, 0.3) is 5.91 Å². The molecule has 1 rings (SSSR count). The summed E-state index contributed by atoms with van der Waals surface area (Å²) in [7, 11) is 0. The minimum Gasteiger partial charge on any atom is -0.619 e. The standard InChI is InChI=1S/C33H54F3N7O6/c1-9-21(7)27(42-29(45)23-12-15-43(49)16-13-23)32(48)40-25(11-14-33(34,35)36)30(46)39-24(17-19(3)4)18-38-22(8)28(44)41-26(20(5)6)31(47)37-10-2/h12-13,15-16,19-22,24-27,38H,9-11,14,17-18H2,1-8H3,(H,37,47)(H,39,46)(H,40,48)(H,41,44)(H,42,45)/t21-,22-,24-,25-,26-,27-/m0/s1. The highest BCUT2D eigenvalue weighted by Crippen LogP contribution is 2.23. The number of nitrogens with one attached hydrogen (secondary N) is 6. The summed E-state index contributed by atoms with van der Waals surface area (Å²) in [5.41, 5.74) is 0.0930. The van der Waals surface area contributed by atoms with Crippen LogP contribution in [0.3, 0.4) is 0 Å². The molecule has 5 amide bonds. The summed E-state index contributed by atoms with van der Waals surface area (Å²) in [4.78, 5) is 65.1. The Labute approximate surface area is 286 Å². The highest BCUT2D eigenvalue weighted by Gasteiger charge is 2.35. The highest BCUT2D eigenvalue weighted by molar-refractivity contribution is 5.98. The Hall–Kier alpha value is -3.95. The van der Waals surface area contributed by atoms with Crippen LogP contribution in [0, 0.1) is 23.0 Å². The maximum atomic E-state index is 13.5.